The molecular weight excluding hydrogens is 360 g/mol. The number of nitrogens with one attached hydrogen (secondary N) is 2. The van der Waals surface area contributed by atoms with Crippen LogP contribution >= 0.6 is 0 Å². The highest BCUT2D eigenvalue weighted by molar-refractivity contribution is 6.04. The van der Waals surface area contributed by atoms with E-state index in [0.717, 1.165) is 24.0 Å². The maximum atomic E-state index is 12.5. The maximum Gasteiger partial charge on any atom is 0.255 e. The molecule has 0 bridgehead atoms. The van der Waals surface area contributed by atoms with E-state index >= 15 is 0 Å². The van der Waals surface area contributed by atoms with Crippen molar-refractivity contribution < 1.29 is 9.59 Å². The van der Waals surface area contributed by atoms with Gasteiger partial charge in [0.1, 0.15) is 0 Å². The molecule has 4 heteroatoms. The van der Waals surface area contributed by atoms with Crippen molar-refractivity contribution in [3.8, 4) is 11.8 Å². The lowest BCUT2D eigenvalue weighted by Crippen LogP contribution is -2.25. The van der Waals surface area contributed by atoms with Crippen LogP contribution < -0.4 is 10.6 Å². The Bertz CT molecular complexity index is 1070. The van der Waals surface area contributed by atoms with Crippen molar-refractivity contribution in [2.75, 3.05) is 5.32 Å². The Kier molecular flexibility index (Phi) is 5.40. The van der Waals surface area contributed by atoms with Crippen LogP contribution in [0.2, 0.25) is 0 Å². The van der Waals surface area contributed by atoms with Crippen LogP contribution in [0, 0.1) is 11.8 Å². The minimum absolute atomic E-state index is 0.0717. The number of rotatable bonds is 4. The Morgan fingerprint density at radius 2 is 1.24 bits per heavy atom. The summed E-state index contributed by atoms with van der Waals surface area (Å²) in [5, 5.41) is 5.79. The van der Waals surface area contributed by atoms with E-state index in [4.69, 9.17) is 0 Å². The summed E-state index contributed by atoms with van der Waals surface area (Å²) in [6.45, 7) is 0. The molecular formula is C25H20N2O2. The summed E-state index contributed by atoms with van der Waals surface area (Å²) in [6, 6.07) is 24.1. The van der Waals surface area contributed by atoms with Crippen LogP contribution in [-0.2, 0) is 0 Å². The molecule has 1 fully saturated rings. The molecule has 4 nitrogen and oxygen atoms in total. The molecule has 0 radical (unpaired) electrons. The van der Waals surface area contributed by atoms with Crippen LogP contribution in [-0.4, -0.2) is 17.9 Å². The summed E-state index contributed by atoms with van der Waals surface area (Å²) >= 11 is 0. The van der Waals surface area contributed by atoms with Gasteiger partial charge in [-0.05, 0) is 73.5 Å². The molecule has 142 valence electrons. The fourth-order valence-corrected chi connectivity index (χ4v) is 2.78. The van der Waals surface area contributed by atoms with Crippen molar-refractivity contribution in [3.63, 3.8) is 0 Å². The normalized spacial score (nSPS) is 12.4. The Morgan fingerprint density at radius 1 is 0.690 bits per heavy atom. The summed E-state index contributed by atoms with van der Waals surface area (Å²) in [6.07, 6.45) is 2.10. The summed E-state index contributed by atoms with van der Waals surface area (Å²) in [4.78, 5) is 24.5. The van der Waals surface area contributed by atoms with Gasteiger partial charge in [-0.1, -0.05) is 30.0 Å². The fraction of sp³-hybridized carbons (Fsp3) is 0.120. The fourth-order valence-electron chi connectivity index (χ4n) is 2.78. The highest BCUT2D eigenvalue weighted by atomic mass is 16.2. The first-order valence-corrected chi connectivity index (χ1v) is 9.57. The minimum atomic E-state index is -0.206. The van der Waals surface area contributed by atoms with Gasteiger partial charge >= 0.3 is 0 Å². The molecule has 1 aliphatic rings. The van der Waals surface area contributed by atoms with Crippen molar-refractivity contribution in [3.05, 3.63) is 101 Å². The number of anilines is 1. The lowest BCUT2D eigenvalue weighted by molar-refractivity contribution is 0.0950. The zero-order valence-electron chi connectivity index (χ0n) is 15.8. The number of amides is 2. The number of hydrogen-bond acceptors (Lipinski definition) is 2. The van der Waals surface area contributed by atoms with Crippen LogP contribution in [0.3, 0.4) is 0 Å². The van der Waals surface area contributed by atoms with Gasteiger partial charge in [0.05, 0.1) is 0 Å². The van der Waals surface area contributed by atoms with Crippen molar-refractivity contribution >= 4 is 17.5 Å². The minimum Gasteiger partial charge on any atom is -0.349 e. The summed E-state index contributed by atoms with van der Waals surface area (Å²) < 4.78 is 0. The van der Waals surface area contributed by atoms with Crippen LogP contribution in [0.15, 0.2) is 78.9 Å². The third-order valence-electron chi connectivity index (χ3n) is 4.59. The predicted molar refractivity (Wildman–Crippen MR) is 114 cm³/mol. The molecule has 1 aliphatic carbocycles. The van der Waals surface area contributed by atoms with Gasteiger partial charge in [0.2, 0.25) is 0 Å². The molecule has 29 heavy (non-hydrogen) atoms. The van der Waals surface area contributed by atoms with Crippen LogP contribution in [0.4, 0.5) is 5.69 Å². The molecule has 3 aromatic carbocycles. The molecule has 0 spiro atoms. The molecule has 0 unspecified atom stereocenters. The largest absolute Gasteiger partial charge is 0.349 e. The highest BCUT2D eigenvalue weighted by Crippen LogP contribution is 2.20. The maximum absolute atomic E-state index is 12.5. The van der Waals surface area contributed by atoms with E-state index in [1.807, 2.05) is 42.5 Å². The van der Waals surface area contributed by atoms with Gasteiger partial charge in [-0.25, -0.2) is 0 Å². The Labute approximate surface area is 170 Å². The van der Waals surface area contributed by atoms with Gasteiger partial charge < -0.3 is 10.6 Å². The zero-order chi connectivity index (χ0) is 20.1. The molecule has 0 aromatic heterocycles. The van der Waals surface area contributed by atoms with Gasteiger partial charge in [-0.3, -0.25) is 9.59 Å². The summed E-state index contributed by atoms with van der Waals surface area (Å²) in [5.74, 6) is 5.91. The van der Waals surface area contributed by atoms with Gasteiger partial charge in [-0.15, -0.1) is 0 Å². The van der Waals surface area contributed by atoms with E-state index in [2.05, 4.69) is 22.5 Å². The SMILES string of the molecule is O=C(Nc1ccc(C(=O)NC2CC2)cc1)c1ccc(C#Cc2ccccc2)cc1. The summed E-state index contributed by atoms with van der Waals surface area (Å²) in [5.41, 5.74) is 3.58. The molecule has 0 saturated heterocycles. The van der Waals surface area contributed by atoms with E-state index in [-0.39, 0.29) is 11.8 Å². The molecule has 0 aliphatic heterocycles. The number of carbonyl (C=O) groups is 2. The molecule has 4 rings (SSSR count). The highest BCUT2D eigenvalue weighted by Gasteiger charge is 2.23. The number of carbonyl (C=O) groups excluding carboxylic acids is 2. The van der Waals surface area contributed by atoms with Gasteiger partial charge in [0.25, 0.3) is 11.8 Å². The van der Waals surface area contributed by atoms with E-state index in [1.165, 1.54) is 0 Å². The quantitative estimate of drug-likeness (QED) is 0.666. The van der Waals surface area contributed by atoms with Crippen molar-refractivity contribution in [1.29, 1.82) is 0 Å². The Morgan fingerprint density at radius 3 is 1.86 bits per heavy atom. The molecule has 3 aromatic rings. The second-order valence-electron chi connectivity index (χ2n) is 6.97. The molecule has 0 heterocycles. The molecule has 1 saturated carbocycles. The Hall–Kier alpha value is -3.84. The number of hydrogen-bond donors (Lipinski definition) is 2. The second kappa shape index (κ2) is 8.45. The first kappa shape index (κ1) is 18.5. The van der Waals surface area contributed by atoms with E-state index in [0.29, 0.717) is 22.9 Å². The molecule has 0 atom stereocenters. The topological polar surface area (TPSA) is 58.2 Å². The van der Waals surface area contributed by atoms with Crippen molar-refractivity contribution in [1.82, 2.24) is 5.32 Å². The van der Waals surface area contributed by atoms with Gasteiger partial charge in [-0.2, -0.15) is 0 Å². The van der Waals surface area contributed by atoms with Crippen LogP contribution in [0.1, 0.15) is 44.7 Å². The van der Waals surface area contributed by atoms with Crippen molar-refractivity contribution in [2.45, 2.75) is 18.9 Å². The third kappa shape index (κ3) is 5.12. The van der Waals surface area contributed by atoms with E-state index < -0.39 is 0 Å². The van der Waals surface area contributed by atoms with Gasteiger partial charge in [0, 0.05) is 34.0 Å². The molecule has 2 amide bonds. The van der Waals surface area contributed by atoms with E-state index in [9.17, 15) is 9.59 Å². The smallest absolute Gasteiger partial charge is 0.255 e. The average Bonchev–Trinajstić information content (AvgIpc) is 3.58. The van der Waals surface area contributed by atoms with Crippen molar-refractivity contribution in [2.24, 2.45) is 0 Å². The lowest BCUT2D eigenvalue weighted by atomic mass is 10.1. The standard InChI is InChI=1S/C25H20N2O2/c28-24(26-22-14-12-21(13-15-22)25(29)27-23-16-17-23)20-10-8-19(9-11-20)7-6-18-4-2-1-3-5-18/h1-5,8-15,23H,16-17H2,(H,26,28)(H,27,29). The first-order chi connectivity index (χ1) is 14.2. The monoisotopic (exact) mass is 380 g/mol. The van der Waals surface area contributed by atoms with E-state index in [1.54, 1.807) is 36.4 Å². The first-order valence-electron chi connectivity index (χ1n) is 9.57. The van der Waals surface area contributed by atoms with Crippen LogP contribution in [0.5, 0.6) is 0 Å². The predicted octanol–water partition coefficient (Wildman–Crippen LogP) is 4.23. The second-order valence-corrected chi connectivity index (χ2v) is 6.97. The molecule has 2 N–H and O–H groups in total. The average molecular weight is 380 g/mol. The van der Waals surface area contributed by atoms with Gasteiger partial charge in [0.15, 0.2) is 0 Å². The van der Waals surface area contributed by atoms with Crippen LogP contribution in [0.25, 0.3) is 0 Å². The lowest BCUT2D eigenvalue weighted by Gasteiger charge is -2.07. The Balaban J connectivity index is 1.37. The zero-order valence-corrected chi connectivity index (χ0v) is 15.8. The number of benzene rings is 3. The third-order valence-corrected chi connectivity index (χ3v) is 4.59. The summed E-state index contributed by atoms with van der Waals surface area (Å²) in [7, 11) is 0.